The summed E-state index contributed by atoms with van der Waals surface area (Å²) in [6.07, 6.45) is 0. The van der Waals surface area contributed by atoms with E-state index in [0.29, 0.717) is 11.3 Å². The lowest BCUT2D eigenvalue weighted by molar-refractivity contribution is -0.384. The largest absolute Gasteiger partial charge is 0.454 e. The molecule has 0 saturated heterocycles. The molecule has 0 unspecified atom stereocenters. The first-order chi connectivity index (χ1) is 12.9. The Bertz CT molecular complexity index is 985. The normalized spacial score (nSPS) is 10.3. The maximum atomic E-state index is 12.1. The molecule has 136 valence electrons. The summed E-state index contributed by atoms with van der Waals surface area (Å²) in [4.78, 5) is 22.4. The molecular weight excluding hydrogens is 393 g/mol. The van der Waals surface area contributed by atoms with Gasteiger partial charge in [-0.15, -0.1) is 0 Å². The van der Waals surface area contributed by atoms with E-state index in [1.165, 1.54) is 6.07 Å². The fourth-order valence-electron chi connectivity index (χ4n) is 2.21. The second-order valence-electron chi connectivity index (χ2n) is 5.33. The number of nitro benzene ring substituents is 1. The fraction of sp³-hybridized carbons (Fsp3) is 0. The van der Waals surface area contributed by atoms with Gasteiger partial charge in [-0.05, 0) is 24.3 Å². The second-order valence-corrected chi connectivity index (χ2v) is 6.14. The Hall–Kier alpha value is -3.09. The third-order valence-corrected chi connectivity index (χ3v) is 4.00. The lowest BCUT2D eigenvalue weighted by Gasteiger charge is -2.11. The summed E-state index contributed by atoms with van der Waals surface area (Å²) in [5, 5.41) is 10.8. The van der Waals surface area contributed by atoms with Crippen LogP contribution < -0.4 is 9.47 Å². The fourth-order valence-corrected chi connectivity index (χ4v) is 2.76. The van der Waals surface area contributed by atoms with E-state index >= 15 is 0 Å². The Morgan fingerprint density at radius 1 is 0.889 bits per heavy atom. The monoisotopic (exact) mass is 403 g/mol. The average Bonchev–Trinajstić information content (AvgIpc) is 2.65. The molecule has 0 aliphatic heterocycles. The summed E-state index contributed by atoms with van der Waals surface area (Å²) in [5.74, 6) is 0.108. The SMILES string of the molecule is O=C(Oc1cccc(Oc2c(Cl)cc([N+](=O)[O-])cc2Cl)c1)c1ccccc1. The number of rotatable bonds is 5. The van der Waals surface area contributed by atoms with E-state index in [4.69, 9.17) is 32.7 Å². The molecule has 27 heavy (non-hydrogen) atoms. The molecule has 0 bridgehead atoms. The molecule has 0 radical (unpaired) electrons. The zero-order valence-corrected chi connectivity index (χ0v) is 15.1. The van der Waals surface area contributed by atoms with Gasteiger partial charge in [0.2, 0.25) is 0 Å². The first kappa shape index (κ1) is 18.7. The molecule has 8 heteroatoms. The van der Waals surface area contributed by atoms with Crippen molar-refractivity contribution in [1.29, 1.82) is 0 Å². The zero-order valence-electron chi connectivity index (χ0n) is 13.6. The van der Waals surface area contributed by atoms with Crippen LogP contribution in [0.3, 0.4) is 0 Å². The van der Waals surface area contributed by atoms with Crippen molar-refractivity contribution in [3.8, 4) is 17.2 Å². The molecule has 0 atom stereocenters. The second kappa shape index (κ2) is 8.07. The molecule has 0 heterocycles. The summed E-state index contributed by atoms with van der Waals surface area (Å²) in [5.41, 5.74) is 0.160. The molecule has 0 aliphatic carbocycles. The molecule has 0 aliphatic rings. The van der Waals surface area contributed by atoms with Crippen molar-refractivity contribution in [1.82, 2.24) is 0 Å². The number of halogens is 2. The molecule has 0 aromatic heterocycles. The van der Waals surface area contributed by atoms with Gasteiger partial charge in [0.15, 0.2) is 5.75 Å². The number of nitro groups is 1. The number of non-ortho nitro benzene ring substituents is 1. The van der Waals surface area contributed by atoms with Crippen molar-refractivity contribution in [3.63, 3.8) is 0 Å². The Kier molecular flexibility index (Phi) is 5.59. The minimum Gasteiger partial charge on any atom is -0.454 e. The zero-order chi connectivity index (χ0) is 19.4. The number of benzene rings is 3. The van der Waals surface area contributed by atoms with E-state index in [-0.39, 0.29) is 27.2 Å². The highest BCUT2D eigenvalue weighted by Crippen LogP contribution is 2.39. The molecule has 0 amide bonds. The molecular formula is C19H11Cl2NO5. The summed E-state index contributed by atoms with van der Waals surface area (Å²) in [6.45, 7) is 0. The Morgan fingerprint density at radius 3 is 2.15 bits per heavy atom. The highest BCUT2D eigenvalue weighted by atomic mass is 35.5. The van der Waals surface area contributed by atoms with Crippen LogP contribution in [0.15, 0.2) is 66.7 Å². The van der Waals surface area contributed by atoms with E-state index in [1.54, 1.807) is 48.5 Å². The van der Waals surface area contributed by atoms with Gasteiger partial charge < -0.3 is 9.47 Å². The first-order valence-electron chi connectivity index (χ1n) is 7.62. The van der Waals surface area contributed by atoms with Crippen LogP contribution in [-0.4, -0.2) is 10.9 Å². The third-order valence-electron chi connectivity index (χ3n) is 3.44. The van der Waals surface area contributed by atoms with E-state index in [9.17, 15) is 14.9 Å². The number of carbonyl (C=O) groups is 1. The highest BCUT2D eigenvalue weighted by molar-refractivity contribution is 6.37. The predicted molar refractivity (Wildman–Crippen MR) is 101 cm³/mol. The van der Waals surface area contributed by atoms with Gasteiger partial charge in [0.1, 0.15) is 11.5 Å². The minimum absolute atomic E-state index is 0.0131. The van der Waals surface area contributed by atoms with E-state index in [2.05, 4.69) is 0 Å². The Balaban J connectivity index is 1.80. The lowest BCUT2D eigenvalue weighted by atomic mass is 10.2. The van der Waals surface area contributed by atoms with Crippen LogP contribution in [0.2, 0.25) is 10.0 Å². The van der Waals surface area contributed by atoms with Crippen LogP contribution in [0.25, 0.3) is 0 Å². The van der Waals surface area contributed by atoms with Gasteiger partial charge in [0.05, 0.1) is 20.5 Å². The number of ether oxygens (including phenoxy) is 2. The van der Waals surface area contributed by atoms with Crippen LogP contribution in [-0.2, 0) is 0 Å². The van der Waals surface area contributed by atoms with Crippen LogP contribution >= 0.6 is 23.2 Å². The van der Waals surface area contributed by atoms with Crippen molar-refractivity contribution in [2.24, 2.45) is 0 Å². The summed E-state index contributed by atoms with van der Waals surface area (Å²) >= 11 is 12.1. The molecule has 0 saturated carbocycles. The number of nitrogens with zero attached hydrogens (tertiary/aromatic N) is 1. The van der Waals surface area contributed by atoms with Gasteiger partial charge in [0.25, 0.3) is 5.69 Å². The Labute approximate surface area is 164 Å². The van der Waals surface area contributed by atoms with E-state index in [0.717, 1.165) is 12.1 Å². The van der Waals surface area contributed by atoms with Gasteiger partial charge in [-0.1, -0.05) is 47.5 Å². The standard InChI is InChI=1S/C19H11Cl2NO5/c20-16-9-13(22(24)25)10-17(21)18(16)26-14-7-4-8-15(11-14)27-19(23)12-5-2-1-3-6-12/h1-11H. The highest BCUT2D eigenvalue weighted by Gasteiger charge is 2.17. The van der Waals surface area contributed by atoms with Crippen molar-refractivity contribution >= 4 is 34.9 Å². The van der Waals surface area contributed by atoms with E-state index < -0.39 is 10.9 Å². The smallest absolute Gasteiger partial charge is 0.343 e. The minimum atomic E-state index is -0.606. The van der Waals surface area contributed by atoms with Crippen molar-refractivity contribution in [2.75, 3.05) is 0 Å². The first-order valence-corrected chi connectivity index (χ1v) is 8.38. The van der Waals surface area contributed by atoms with Crippen LogP contribution in [0.4, 0.5) is 5.69 Å². The molecule has 6 nitrogen and oxygen atoms in total. The molecule has 3 aromatic rings. The van der Waals surface area contributed by atoms with Gasteiger partial charge in [-0.3, -0.25) is 10.1 Å². The number of esters is 1. The van der Waals surface area contributed by atoms with Gasteiger partial charge in [0, 0.05) is 18.2 Å². The molecule has 3 rings (SSSR count). The van der Waals surface area contributed by atoms with E-state index in [1.807, 2.05) is 0 Å². The lowest BCUT2D eigenvalue weighted by Crippen LogP contribution is -2.08. The van der Waals surface area contributed by atoms with Crippen molar-refractivity contribution < 1.29 is 19.2 Å². The van der Waals surface area contributed by atoms with Crippen molar-refractivity contribution in [2.45, 2.75) is 0 Å². The van der Waals surface area contributed by atoms with Crippen LogP contribution in [0.1, 0.15) is 10.4 Å². The van der Waals surface area contributed by atoms with Crippen LogP contribution in [0.5, 0.6) is 17.2 Å². The third kappa shape index (κ3) is 4.55. The van der Waals surface area contributed by atoms with Crippen LogP contribution in [0, 0.1) is 10.1 Å². The molecule has 3 aromatic carbocycles. The number of hydrogen-bond donors (Lipinski definition) is 0. The summed E-state index contributed by atoms with van der Waals surface area (Å²) < 4.78 is 10.9. The molecule has 0 spiro atoms. The maximum Gasteiger partial charge on any atom is 0.343 e. The average molecular weight is 404 g/mol. The summed E-state index contributed by atoms with van der Waals surface area (Å²) in [7, 11) is 0. The summed E-state index contributed by atoms with van der Waals surface area (Å²) in [6, 6.07) is 17.1. The molecule has 0 N–H and O–H groups in total. The van der Waals surface area contributed by atoms with Crippen molar-refractivity contribution in [3.05, 3.63) is 92.5 Å². The topological polar surface area (TPSA) is 78.7 Å². The number of carbonyl (C=O) groups excluding carboxylic acids is 1. The predicted octanol–water partition coefficient (Wildman–Crippen LogP) is 5.91. The van der Waals surface area contributed by atoms with Gasteiger partial charge in [-0.25, -0.2) is 4.79 Å². The quantitative estimate of drug-likeness (QED) is 0.229. The van der Waals surface area contributed by atoms with Gasteiger partial charge in [-0.2, -0.15) is 0 Å². The Morgan fingerprint density at radius 2 is 1.52 bits per heavy atom. The number of hydrogen-bond acceptors (Lipinski definition) is 5. The molecule has 0 fully saturated rings. The van der Waals surface area contributed by atoms with Gasteiger partial charge >= 0.3 is 5.97 Å². The maximum absolute atomic E-state index is 12.1.